The summed E-state index contributed by atoms with van der Waals surface area (Å²) in [6, 6.07) is 1.54. The number of carbonyl (C=O) groups is 1. The first-order valence-electron chi connectivity index (χ1n) is 6.12. The fourth-order valence-electron chi connectivity index (χ4n) is 1.28. The predicted octanol–water partition coefficient (Wildman–Crippen LogP) is 2.03. The molecule has 1 heterocycles. The Morgan fingerprint density at radius 1 is 1.19 bits per heavy atom. The summed E-state index contributed by atoms with van der Waals surface area (Å²) < 4.78 is 20.2. The summed E-state index contributed by atoms with van der Waals surface area (Å²) in [4.78, 5) is 20.5. The summed E-state index contributed by atoms with van der Waals surface area (Å²) in [5.41, 5.74) is 0. The molecule has 0 aromatic carbocycles. The summed E-state index contributed by atoms with van der Waals surface area (Å²) in [5.74, 6) is 0.598. The van der Waals surface area contributed by atoms with Crippen molar-refractivity contribution in [3.05, 3.63) is 16.7 Å². The van der Waals surface area contributed by atoms with Crippen LogP contribution in [-0.2, 0) is 14.3 Å². The summed E-state index contributed by atoms with van der Waals surface area (Å²) >= 11 is 1.03. The van der Waals surface area contributed by atoms with Gasteiger partial charge < -0.3 is 18.9 Å². The number of nitrogens with zero attached hydrogens (tertiary/aromatic N) is 2. The first-order chi connectivity index (χ1) is 10.0. The average molecular weight is 314 g/mol. The smallest absolute Gasteiger partial charge is 0.348 e. The third kappa shape index (κ3) is 4.82. The van der Waals surface area contributed by atoms with E-state index in [0.717, 1.165) is 11.8 Å². The number of rotatable bonds is 7. The fourth-order valence-corrected chi connectivity index (χ4v) is 2.10. The Morgan fingerprint density at radius 2 is 1.76 bits per heavy atom. The highest BCUT2D eigenvalue weighted by Gasteiger charge is 2.19. The van der Waals surface area contributed by atoms with Crippen molar-refractivity contribution in [3.63, 3.8) is 0 Å². The molecule has 1 aromatic rings. The number of hydrogen-bond acceptors (Lipinski definition) is 8. The summed E-state index contributed by atoms with van der Waals surface area (Å²) in [6.07, 6.45) is 0. The van der Waals surface area contributed by atoms with Crippen LogP contribution in [0.1, 0.15) is 13.8 Å². The molecule has 0 aliphatic carbocycles. The van der Waals surface area contributed by atoms with Crippen molar-refractivity contribution in [1.29, 1.82) is 0 Å². The second-order valence-corrected chi connectivity index (χ2v) is 4.62. The van der Waals surface area contributed by atoms with E-state index in [9.17, 15) is 4.79 Å². The van der Waals surface area contributed by atoms with Crippen molar-refractivity contribution in [3.8, 4) is 11.8 Å². The zero-order valence-corrected chi connectivity index (χ0v) is 13.4. The number of aromatic nitrogens is 2. The molecule has 0 saturated carbocycles. The van der Waals surface area contributed by atoms with E-state index in [4.69, 9.17) is 18.9 Å². The lowest BCUT2D eigenvalue weighted by Gasteiger charge is -2.10. The maximum absolute atomic E-state index is 12.0. The van der Waals surface area contributed by atoms with E-state index in [1.807, 2.05) is 0 Å². The molecular formula is C13H18N2O5S. The number of ether oxygens (including phenoxy) is 4. The van der Waals surface area contributed by atoms with Gasteiger partial charge in [-0.3, -0.25) is 0 Å². The minimum Gasteiger partial charge on any atom is -0.500 e. The molecule has 0 aliphatic rings. The third-order valence-electron chi connectivity index (χ3n) is 2.36. The van der Waals surface area contributed by atoms with Crippen LogP contribution in [0.3, 0.4) is 0 Å². The van der Waals surface area contributed by atoms with Crippen molar-refractivity contribution in [2.45, 2.75) is 19.0 Å². The van der Waals surface area contributed by atoms with Crippen molar-refractivity contribution in [2.24, 2.45) is 0 Å². The zero-order valence-electron chi connectivity index (χ0n) is 12.6. The van der Waals surface area contributed by atoms with Crippen molar-refractivity contribution < 1.29 is 23.7 Å². The van der Waals surface area contributed by atoms with E-state index < -0.39 is 5.97 Å². The number of thioether (sulfide) groups is 1. The monoisotopic (exact) mass is 314 g/mol. The van der Waals surface area contributed by atoms with Gasteiger partial charge in [0, 0.05) is 0 Å². The van der Waals surface area contributed by atoms with Crippen LogP contribution in [0.15, 0.2) is 21.9 Å². The number of methoxy groups -OCH3 is 3. The molecule has 0 unspecified atom stereocenters. The molecule has 7 nitrogen and oxygen atoms in total. The van der Waals surface area contributed by atoms with Gasteiger partial charge in [-0.2, -0.15) is 9.97 Å². The fraction of sp³-hybridized carbons (Fsp3) is 0.462. The SMILES string of the molecule is CCOC(=O)/C(Sc1nc(OC)cc(OC)n1)=C(/C)OC. The zero-order chi connectivity index (χ0) is 15.8. The van der Waals surface area contributed by atoms with Crippen LogP contribution in [0.25, 0.3) is 0 Å². The van der Waals surface area contributed by atoms with E-state index in [0.29, 0.717) is 22.7 Å². The predicted molar refractivity (Wildman–Crippen MR) is 77.3 cm³/mol. The van der Waals surface area contributed by atoms with Crippen LogP contribution in [-0.4, -0.2) is 43.9 Å². The molecule has 0 N–H and O–H groups in total. The van der Waals surface area contributed by atoms with Crippen LogP contribution >= 0.6 is 11.8 Å². The van der Waals surface area contributed by atoms with Gasteiger partial charge in [0.2, 0.25) is 11.8 Å². The van der Waals surface area contributed by atoms with Gasteiger partial charge in [-0.15, -0.1) is 0 Å². The van der Waals surface area contributed by atoms with Crippen LogP contribution < -0.4 is 9.47 Å². The molecule has 0 aliphatic heterocycles. The first kappa shape index (κ1) is 17.1. The van der Waals surface area contributed by atoms with Crippen molar-refractivity contribution in [1.82, 2.24) is 9.97 Å². The number of allylic oxidation sites excluding steroid dienone is 1. The van der Waals surface area contributed by atoms with Crippen LogP contribution in [0.4, 0.5) is 0 Å². The van der Waals surface area contributed by atoms with Crippen molar-refractivity contribution >= 4 is 17.7 Å². The minimum atomic E-state index is -0.493. The van der Waals surface area contributed by atoms with E-state index >= 15 is 0 Å². The highest BCUT2D eigenvalue weighted by atomic mass is 32.2. The average Bonchev–Trinajstić information content (AvgIpc) is 2.51. The molecule has 0 fully saturated rings. The molecule has 0 atom stereocenters. The van der Waals surface area contributed by atoms with Gasteiger partial charge in [-0.05, 0) is 25.6 Å². The Morgan fingerprint density at radius 3 is 2.19 bits per heavy atom. The molecule has 8 heteroatoms. The van der Waals surface area contributed by atoms with Gasteiger partial charge in [0.05, 0.1) is 34.0 Å². The van der Waals surface area contributed by atoms with E-state index in [2.05, 4.69) is 9.97 Å². The number of carbonyl (C=O) groups excluding carboxylic acids is 1. The molecule has 1 aromatic heterocycles. The standard InChI is InChI=1S/C13H18N2O5S/c1-6-20-12(16)11(8(2)17-3)21-13-14-9(18-4)7-10(15-13)19-5/h7H,6H2,1-5H3/b11-8+. The van der Waals surface area contributed by atoms with Crippen molar-refractivity contribution in [2.75, 3.05) is 27.9 Å². The Kier molecular flexibility index (Phi) is 6.80. The first-order valence-corrected chi connectivity index (χ1v) is 6.94. The highest BCUT2D eigenvalue weighted by molar-refractivity contribution is 8.03. The summed E-state index contributed by atoms with van der Waals surface area (Å²) in [5, 5.41) is 0.297. The van der Waals surface area contributed by atoms with E-state index in [-0.39, 0.29) is 11.5 Å². The molecule has 0 amide bonds. The lowest BCUT2D eigenvalue weighted by atomic mass is 10.5. The van der Waals surface area contributed by atoms with Gasteiger partial charge in [0.1, 0.15) is 10.7 Å². The lowest BCUT2D eigenvalue weighted by Crippen LogP contribution is -2.09. The molecule has 0 saturated heterocycles. The maximum Gasteiger partial charge on any atom is 0.348 e. The largest absolute Gasteiger partial charge is 0.500 e. The Bertz CT molecular complexity index is 511. The van der Waals surface area contributed by atoms with Gasteiger partial charge in [-0.1, -0.05) is 0 Å². The second kappa shape index (κ2) is 8.35. The molecule has 0 bridgehead atoms. The maximum atomic E-state index is 12.0. The lowest BCUT2D eigenvalue weighted by molar-refractivity contribution is -0.137. The quantitative estimate of drug-likeness (QED) is 0.249. The molecule has 21 heavy (non-hydrogen) atoms. The van der Waals surface area contributed by atoms with Crippen LogP contribution in [0.5, 0.6) is 11.8 Å². The topological polar surface area (TPSA) is 79.8 Å². The molecule has 116 valence electrons. The van der Waals surface area contributed by atoms with E-state index in [1.165, 1.54) is 21.3 Å². The minimum absolute atomic E-state index is 0.266. The normalized spacial score (nSPS) is 11.5. The van der Waals surface area contributed by atoms with Gasteiger partial charge in [0.15, 0.2) is 5.16 Å². The number of hydrogen-bond donors (Lipinski definition) is 0. The highest BCUT2D eigenvalue weighted by Crippen LogP contribution is 2.30. The van der Waals surface area contributed by atoms with Gasteiger partial charge in [0.25, 0.3) is 0 Å². The van der Waals surface area contributed by atoms with E-state index in [1.54, 1.807) is 19.9 Å². The number of esters is 1. The molecule has 1 rings (SSSR count). The molecular weight excluding hydrogens is 296 g/mol. The Hall–Kier alpha value is -1.96. The Labute approximate surface area is 127 Å². The molecule has 0 spiro atoms. The van der Waals surface area contributed by atoms with Crippen LogP contribution in [0.2, 0.25) is 0 Å². The summed E-state index contributed by atoms with van der Waals surface area (Å²) in [7, 11) is 4.44. The molecule has 0 radical (unpaired) electrons. The van der Waals surface area contributed by atoms with Gasteiger partial charge >= 0.3 is 5.97 Å². The Balaban J connectivity index is 3.12. The second-order valence-electron chi connectivity index (χ2n) is 3.65. The third-order valence-corrected chi connectivity index (χ3v) is 3.38. The summed E-state index contributed by atoms with van der Waals surface area (Å²) in [6.45, 7) is 3.66. The van der Waals surface area contributed by atoms with Crippen LogP contribution in [0, 0.1) is 0 Å². The van der Waals surface area contributed by atoms with Gasteiger partial charge in [-0.25, -0.2) is 4.79 Å².